The standard InChI is InChI=1S/C17H20F2N2/c1-4-20-16(17-12(3)8-11(2)10-21-17)9-13-14(18)6-5-7-15(13)19/h5-8,10,16,20H,4,9H2,1-3H3. The van der Waals surface area contributed by atoms with Crippen LogP contribution in [0.3, 0.4) is 0 Å². The fourth-order valence-electron chi connectivity index (χ4n) is 2.53. The second-order valence-electron chi connectivity index (χ2n) is 5.23. The van der Waals surface area contributed by atoms with Crippen molar-refractivity contribution in [2.75, 3.05) is 6.54 Å². The largest absolute Gasteiger partial charge is 0.309 e. The third kappa shape index (κ3) is 3.64. The predicted molar refractivity (Wildman–Crippen MR) is 80.2 cm³/mol. The number of hydrogen-bond donors (Lipinski definition) is 1. The highest BCUT2D eigenvalue weighted by Gasteiger charge is 2.19. The van der Waals surface area contributed by atoms with Crippen LogP contribution in [0.2, 0.25) is 0 Å². The van der Waals surface area contributed by atoms with E-state index >= 15 is 0 Å². The fraction of sp³-hybridized carbons (Fsp3) is 0.353. The molecule has 0 aliphatic carbocycles. The van der Waals surface area contributed by atoms with Crippen molar-refractivity contribution < 1.29 is 8.78 Å². The van der Waals surface area contributed by atoms with Crippen molar-refractivity contribution in [1.29, 1.82) is 0 Å². The Morgan fingerprint density at radius 1 is 1.19 bits per heavy atom. The Hall–Kier alpha value is -1.81. The minimum atomic E-state index is -0.511. The number of likely N-dealkylation sites (N-methyl/N-ethyl adjacent to an activating group) is 1. The van der Waals surface area contributed by atoms with E-state index in [2.05, 4.69) is 10.3 Å². The van der Waals surface area contributed by atoms with Crippen LogP contribution >= 0.6 is 0 Å². The van der Waals surface area contributed by atoms with E-state index < -0.39 is 11.6 Å². The summed E-state index contributed by atoms with van der Waals surface area (Å²) in [5, 5.41) is 3.27. The zero-order valence-electron chi connectivity index (χ0n) is 12.6. The molecule has 4 heteroatoms. The van der Waals surface area contributed by atoms with E-state index in [0.29, 0.717) is 6.54 Å². The Balaban J connectivity index is 2.35. The van der Waals surface area contributed by atoms with Crippen molar-refractivity contribution in [3.8, 4) is 0 Å². The van der Waals surface area contributed by atoms with Crippen molar-refractivity contribution in [1.82, 2.24) is 10.3 Å². The zero-order valence-corrected chi connectivity index (χ0v) is 12.6. The molecule has 2 rings (SSSR count). The second kappa shape index (κ2) is 6.76. The average molecular weight is 290 g/mol. The first kappa shape index (κ1) is 15.6. The van der Waals surface area contributed by atoms with Crippen LogP contribution in [0.15, 0.2) is 30.5 Å². The summed E-state index contributed by atoms with van der Waals surface area (Å²) in [4.78, 5) is 4.44. The van der Waals surface area contributed by atoms with Gasteiger partial charge in [0.2, 0.25) is 0 Å². The summed E-state index contributed by atoms with van der Waals surface area (Å²) in [5.74, 6) is -1.02. The van der Waals surface area contributed by atoms with Crippen LogP contribution in [0, 0.1) is 25.5 Å². The van der Waals surface area contributed by atoms with E-state index in [0.717, 1.165) is 16.8 Å². The third-order valence-corrected chi connectivity index (χ3v) is 3.51. The maximum absolute atomic E-state index is 13.8. The Kier molecular flexibility index (Phi) is 5.02. The Morgan fingerprint density at radius 2 is 1.86 bits per heavy atom. The Labute approximate surface area is 124 Å². The fourth-order valence-corrected chi connectivity index (χ4v) is 2.53. The molecule has 0 radical (unpaired) electrons. The lowest BCUT2D eigenvalue weighted by Gasteiger charge is -2.20. The van der Waals surface area contributed by atoms with E-state index in [1.807, 2.05) is 26.8 Å². The number of pyridine rings is 1. The van der Waals surface area contributed by atoms with Crippen molar-refractivity contribution >= 4 is 0 Å². The van der Waals surface area contributed by atoms with E-state index in [4.69, 9.17) is 0 Å². The van der Waals surface area contributed by atoms with Gasteiger partial charge in [0.1, 0.15) is 11.6 Å². The molecule has 2 aromatic rings. The van der Waals surface area contributed by atoms with Crippen molar-refractivity contribution in [3.63, 3.8) is 0 Å². The quantitative estimate of drug-likeness (QED) is 0.904. The van der Waals surface area contributed by atoms with Gasteiger partial charge in [-0.1, -0.05) is 19.1 Å². The highest BCUT2D eigenvalue weighted by Crippen LogP contribution is 2.23. The summed E-state index contributed by atoms with van der Waals surface area (Å²) in [6.45, 7) is 6.61. The summed E-state index contributed by atoms with van der Waals surface area (Å²) in [7, 11) is 0. The van der Waals surface area contributed by atoms with E-state index in [-0.39, 0.29) is 18.0 Å². The van der Waals surface area contributed by atoms with Crippen LogP contribution in [-0.2, 0) is 6.42 Å². The van der Waals surface area contributed by atoms with Gasteiger partial charge >= 0.3 is 0 Å². The topological polar surface area (TPSA) is 24.9 Å². The van der Waals surface area contributed by atoms with Crippen LogP contribution in [0.5, 0.6) is 0 Å². The third-order valence-electron chi connectivity index (χ3n) is 3.51. The molecule has 1 unspecified atom stereocenters. The molecule has 1 heterocycles. The van der Waals surface area contributed by atoms with E-state index in [1.54, 1.807) is 6.20 Å². The van der Waals surface area contributed by atoms with Crippen LogP contribution in [0.4, 0.5) is 8.78 Å². The SMILES string of the molecule is CCNC(Cc1c(F)cccc1F)c1ncc(C)cc1C. The van der Waals surface area contributed by atoms with Gasteiger partial charge in [0.25, 0.3) is 0 Å². The number of nitrogens with zero attached hydrogens (tertiary/aromatic N) is 1. The normalized spacial score (nSPS) is 12.4. The smallest absolute Gasteiger partial charge is 0.129 e. The van der Waals surface area contributed by atoms with Gasteiger partial charge in [-0.25, -0.2) is 8.78 Å². The maximum Gasteiger partial charge on any atom is 0.129 e. The molecule has 0 saturated heterocycles. The summed E-state index contributed by atoms with van der Waals surface area (Å²) in [6, 6.07) is 5.78. The number of aryl methyl sites for hydroxylation is 2. The molecule has 0 bridgehead atoms. The molecule has 1 N–H and O–H groups in total. The highest BCUT2D eigenvalue weighted by molar-refractivity contribution is 5.28. The van der Waals surface area contributed by atoms with Crippen molar-refractivity contribution in [3.05, 3.63) is 64.5 Å². The lowest BCUT2D eigenvalue weighted by atomic mass is 9.98. The molecule has 21 heavy (non-hydrogen) atoms. The molecular formula is C17H20F2N2. The Morgan fingerprint density at radius 3 is 2.43 bits per heavy atom. The predicted octanol–water partition coefficient (Wildman–Crippen LogP) is 3.87. The summed E-state index contributed by atoms with van der Waals surface area (Å²) >= 11 is 0. The summed E-state index contributed by atoms with van der Waals surface area (Å²) in [6.07, 6.45) is 2.02. The first-order chi connectivity index (χ1) is 10.0. The van der Waals surface area contributed by atoms with Gasteiger partial charge in [-0.05, 0) is 50.1 Å². The van der Waals surface area contributed by atoms with E-state index in [9.17, 15) is 8.78 Å². The number of hydrogen-bond acceptors (Lipinski definition) is 2. The number of rotatable bonds is 5. The lowest BCUT2D eigenvalue weighted by Crippen LogP contribution is -2.25. The molecule has 0 saturated carbocycles. The highest BCUT2D eigenvalue weighted by atomic mass is 19.1. The zero-order chi connectivity index (χ0) is 15.4. The molecule has 2 nitrogen and oxygen atoms in total. The molecule has 0 amide bonds. The van der Waals surface area contributed by atoms with Crippen molar-refractivity contribution in [2.45, 2.75) is 33.2 Å². The molecule has 0 fully saturated rings. The van der Waals surface area contributed by atoms with Crippen LogP contribution in [0.25, 0.3) is 0 Å². The minimum absolute atomic E-state index is 0.102. The Bertz CT molecular complexity index is 606. The molecule has 0 aliphatic rings. The molecule has 0 spiro atoms. The molecule has 1 aromatic heterocycles. The average Bonchev–Trinajstić information content (AvgIpc) is 2.42. The van der Waals surface area contributed by atoms with Crippen LogP contribution in [-0.4, -0.2) is 11.5 Å². The second-order valence-corrected chi connectivity index (χ2v) is 5.23. The van der Waals surface area contributed by atoms with Gasteiger partial charge in [0.05, 0.1) is 11.7 Å². The minimum Gasteiger partial charge on any atom is -0.309 e. The van der Waals surface area contributed by atoms with Gasteiger partial charge in [0.15, 0.2) is 0 Å². The van der Waals surface area contributed by atoms with Gasteiger partial charge in [-0.15, -0.1) is 0 Å². The van der Waals surface area contributed by atoms with Gasteiger partial charge in [-0.3, -0.25) is 4.98 Å². The molecule has 112 valence electrons. The van der Waals surface area contributed by atoms with E-state index in [1.165, 1.54) is 18.2 Å². The van der Waals surface area contributed by atoms with Gasteiger partial charge < -0.3 is 5.32 Å². The summed E-state index contributed by atoms with van der Waals surface area (Å²) < 4.78 is 27.7. The number of halogens is 2. The van der Waals surface area contributed by atoms with Gasteiger partial charge in [-0.2, -0.15) is 0 Å². The molecule has 0 aliphatic heterocycles. The lowest BCUT2D eigenvalue weighted by molar-refractivity contribution is 0.491. The van der Waals surface area contributed by atoms with Gasteiger partial charge in [0, 0.05) is 11.8 Å². The number of nitrogens with one attached hydrogen (secondary N) is 1. The first-order valence-corrected chi connectivity index (χ1v) is 7.12. The number of aromatic nitrogens is 1. The molecule has 1 atom stereocenters. The van der Waals surface area contributed by atoms with Crippen molar-refractivity contribution in [2.24, 2.45) is 0 Å². The monoisotopic (exact) mass is 290 g/mol. The van der Waals surface area contributed by atoms with Crippen LogP contribution < -0.4 is 5.32 Å². The summed E-state index contributed by atoms with van der Waals surface area (Å²) in [5.41, 5.74) is 3.04. The maximum atomic E-state index is 13.8. The molecule has 1 aromatic carbocycles. The first-order valence-electron chi connectivity index (χ1n) is 7.12. The number of benzene rings is 1. The van der Waals surface area contributed by atoms with Crippen LogP contribution in [0.1, 0.15) is 35.3 Å². The molecular weight excluding hydrogens is 270 g/mol.